The SMILES string of the molecule is O[C@@H](COCc1ccc(Cl)cc1)C[NH+]1CCc2ccccc2C1. The molecular formula is C19H23ClNO2+. The summed E-state index contributed by atoms with van der Waals surface area (Å²) in [5.74, 6) is 0. The predicted octanol–water partition coefficient (Wildman–Crippen LogP) is 1.86. The number of fused-ring (bicyclic) bond motifs is 1. The molecule has 23 heavy (non-hydrogen) atoms. The van der Waals surface area contributed by atoms with E-state index in [0.29, 0.717) is 13.2 Å². The lowest BCUT2D eigenvalue weighted by molar-refractivity contribution is -0.919. The summed E-state index contributed by atoms with van der Waals surface area (Å²) in [6, 6.07) is 16.2. The smallest absolute Gasteiger partial charge is 0.126 e. The number of hydrogen-bond acceptors (Lipinski definition) is 2. The van der Waals surface area contributed by atoms with E-state index in [0.717, 1.165) is 36.6 Å². The number of aliphatic hydroxyl groups excluding tert-OH is 1. The van der Waals surface area contributed by atoms with E-state index in [2.05, 4.69) is 24.3 Å². The van der Waals surface area contributed by atoms with Crippen LogP contribution in [0.5, 0.6) is 0 Å². The fourth-order valence-electron chi connectivity index (χ4n) is 3.10. The van der Waals surface area contributed by atoms with Crippen LogP contribution in [-0.4, -0.2) is 30.9 Å². The molecule has 0 spiro atoms. The molecule has 1 unspecified atom stereocenters. The van der Waals surface area contributed by atoms with Crippen LogP contribution in [0.15, 0.2) is 48.5 Å². The molecule has 2 atom stereocenters. The van der Waals surface area contributed by atoms with Crippen molar-refractivity contribution in [1.82, 2.24) is 0 Å². The van der Waals surface area contributed by atoms with Gasteiger partial charge in [-0.25, -0.2) is 0 Å². The molecule has 1 aliphatic rings. The Morgan fingerprint density at radius 1 is 1.09 bits per heavy atom. The third-order valence-electron chi connectivity index (χ3n) is 4.32. The molecule has 2 aromatic carbocycles. The van der Waals surface area contributed by atoms with Gasteiger partial charge in [0.2, 0.25) is 0 Å². The average Bonchev–Trinajstić information content (AvgIpc) is 2.56. The van der Waals surface area contributed by atoms with E-state index in [-0.39, 0.29) is 0 Å². The zero-order valence-electron chi connectivity index (χ0n) is 13.2. The van der Waals surface area contributed by atoms with Crippen LogP contribution in [0.1, 0.15) is 16.7 Å². The Morgan fingerprint density at radius 2 is 1.83 bits per heavy atom. The van der Waals surface area contributed by atoms with Crippen molar-refractivity contribution in [2.45, 2.75) is 25.7 Å². The van der Waals surface area contributed by atoms with Crippen LogP contribution in [-0.2, 0) is 24.3 Å². The van der Waals surface area contributed by atoms with Crippen molar-refractivity contribution in [2.75, 3.05) is 19.7 Å². The van der Waals surface area contributed by atoms with E-state index in [9.17, 15) is 5.11 Å². The van der Waals surface area contributed by atoms with Crippen LogP contribution in [0.2, 0.25) is 5.02 Å². The fourth-order valence-corrected chi connectivity index (χ4v) is 3.23. The number of hydrogen-bond donors (Lipinski definition) is 2. The molecule has 3 rings (SSSR count). The second-order valence-electron chi connectivity index (χ2n) is 6.20. The molecule has 2 N–H and O–H groups in total. The molecule has 1 heterocycles. The number of aliphatic hydroxyl groups is 1. The van der Waals surface area contributed by atoms with Gasteiger partial charge in [-0.1, -0.05) is 48.0 Å². The third-order valence-corrected chi connectivity index (χ3v) is 4.58. The van der Waals surface area contributed by atoms with Gasteiger partial charge in [-0.05, 0) is 23.3 Å². The minimum Gasteiger partial charge on any atom is -0.385 e. The molecule has 0 radical (unpaired) electrons. The van der Waals surface area contributed by atoms with E-state index < -0.39 is 6.10 Å². The first-order chi connectivity index (χ1) is 11.2. The molecule has 122 valence electrons. The number of rotatable bonds is 6. The Labute approximate surface area is 142 Å². The van der Waals surface area contributed by atoms with Crippen LogP contribution in [0.25, 0.3) is 0 Å². The Kier molecular flexibility index (Phi) is 5.68. The summed E-state index contributed by atoms with van der Waals surface area (Å²) >= 11 is 5.86. The first-order valence-electron chi connectivity index (χ1n) is 8.11. The van der Waals surface area contributed by atoms with Crippen molar-refractivity contribution in [1.29, 1.82) is 0 Å². The van der Waals surface area contributed by atoms with E-state index in [4.69, 9.17) is 16.3 Å². The number of halogens is 1. The maximum atomic E-state index is 10.2. The van der Waals surface area contributed by atoms with Crippen LogP contribution < -0.4 is 4.90 Å². The highest BCUT2D eigenvalue weighted by Gasteiger charge is 2.21. The predicted molar refractivity (Wildman–Crippen MR) is 91.7 cm³/mol. The highest BCUT2D eigenvalue weighted by molar-refractivity contribution is 6.30. The maximum Gasteiger partial charge on any atom is 0.126 e. The van der Waals surface area contributed by atoms with Gasteiger partial charge in [0.25, 0.3) is 0 Å². The van der Waals surface area contributed by atoms with Gasteiger partial charge in [0.05, 0.1) is 19.8 Å². The van der Waals surface area contributed by atoms with Crippen molar-refractivity contribution in [3.63, 3.8) is 0 Å². The van der Waals surface area contributed by atoms with Gasteiger partial charge in [0.15, 0.2) is 0 Å². The third kappa shape index (κ3) is 4.79. The summed E-state index contributed by atoms with van der Waals surface area (Å²) in [6.45, 7) is 3.67. The average molecular weight is 333 g/mol. The van der Waals surface area contributed by atoms with Gasteiger partial charge < -0.3 is 14.7 Å². The number of nitrogens with one attached hydrogen (secondary N) is 1. The summed E-state index contributed by atoms with van der Waals surface area (Å²) in [5.41, 5.74) is 3.92. The minimum atomic E-state index is -0.428. The summed E-state index contributed by atoms with van der Waals surface area (Å²) in [5, 5.41) is 10.9. The van der Waals surface area contributed by atoms with Crippen molar-refractivity contribution < 1.29 is 14.7 Å². The lowest BCUT2D eigenvalue weighted by Gasteiger charge is -2.27. The second kappa shape index (κ2) is 7.93. The first kappa shape index (κ1) is 16.5. The van der Waals surface area contributed by atoms with E-state index >= 15 is 0 Å². The standard InChI is InChI=1S/C19H22ClNO2/c20-18-7-5-15(6-8-18)13-23-14-19(22)12-21-10-9-16-3-1-2-4-17(16)11-21/h1-8,19,22H,9-14H2/p+1/t19-/m1/s1. The molecule has 0 aromatic heterocycles. The van der Waals surface area contributed by atoms with Crippen molar-refractivity contribution in [2.24, 2.45) is 0 Å². The molecule has 0 saturated heterocycles. The molecule has 0 saturated carbocycles. The molecule has 1 aliphatic heterocycles. The van der Waals surface area contributed by atoms with Gasteiger partial charge in [-0.3, -0.25) is 0 Å². The second-order valence-corrected chi connectivity index (χ2v) is 6.63. The van der Waals surface area contributed by atoms with E-state index in [1.807, 2.05) is 24.3 Å². The highest BCUT2D eigenvalue weighted by atomic mass is 35.5. The Morgan fingerprint density at radius 3 is 2.61 bits per heavy atom. The summed E-state index contributed by atoms with van der Waals surface area (Å²) in [4.78, 5) is 1.42. The maximum absolute atomic E-state index is 10.2. The zero-order chi connectivity index (χ0) is 16.1. The fraction of sp³-hybridized carbons (Fsp3) is 0.368. The topological polar surface area (TPSA) is 33.9 Å². The molecule has 3 nitrogen and oxygen atoms in total. The zero-order valence-corrected chi connectivity index (χ0v) is 13.9. The molecule has 2 aromatic rings. The number of ether oxygens (including phenoxy) is 1. The Bertz CT molecular complexity index is 630. The van der Waals surface area contributed by atoms with Gasteiger partial charge in [-0.15, -0.1) is 0 Å². The Hall–Kier alpha value is -1.39. The normalized spacial score (nSPS) is 18.4. The number of benzene rings is 2. The van der Waals surface area contributed by atoms with Crippen molar-refractivity contribution in [3.8, 4) is 0 Å². The molecule has 4 heteroatoms. The lowest BCUT2D eigenvalue weighted by Crippen LogP contribution is -3.12. The molecule has 0 bridgehead atoms. The summed E-state index contributed by atoms with van der Waals surface area (Å²) in [7, 11) is 0. The monoisotopic (exact) mass is 332 g/mol. The molecule has 0 aliphatic carbocycles. The van der Waals surface area contributed by atoms with Gasteiger partial charge in [0, 0.05) is 17.0 Å². The molecular weight excluding hydrogens is 310 g/mol. The number of quaternary nitrogens is 1. The first-order valence-corrected chi connectivity index (χ1v) is 8.49. The van der Waals surface area contributed by atoms with Gasteiger partial charge in [0.1, 0.15) is 19.2 Å². The van der Waals surface area contributed by atoms with Crippen LogP contribution in [0.4, 0.5) is 0 Å². The minimum absolute atomic E-state index is 0.369. The molecule has 0 fully saturated rings. The summed E-state index contributed by atoms with van der Waals surface area (Å²) < 4.78 is 5.63. The quantitative estimate of drug-likeness (QED) is 0.846. The molecule has 0 amide bonds. The largest absolute Gasteiger partial charge is 0.385 e. The van der Waals surface area contributed by atoms with E-state index in [1.54, 1.807) is 0 Å². The Balaban J connectivity index is 1.41. The lowest BCUT2D eigenvalue weighted by atomic mass is 10.00. The summed E-state index contributed by atoms with van der Waals surface area (Å²) in [6.07, 6.45) is 0.659. The van der Waals surface area contributed by atoms with Crippen molar-refractivity contribution in [3.05, 3.63) is 70.2 Å². The van der Waals surface area contributed by atoms with Crippen LogP contribution in [0, 0.1) is 0 Å². The van der Waals surface area contributed by atoms with E-state index in [1.165, 1.54) is 16.0 Å². The van der Waals surface area contributed by atoms with Gasteiger partial charge >= 0.3 is 0 Å². The van der Waals surface area contributed by atoms with Gasteiger partial charge in [-0.2, -0.15) is 0 Å². The van der Waals surface area contributed by atoms with Crippen LogP contribution >= 0.6 is 11.6 Å². The highest BCUT2D eigenvalue weighted by Crippen LogP contribution is 2.11. The van der Waals surface area contributed by atoms with Crippen LogP contribution in [0.3, 0.4) is 0 Å². The van der Waals surface area contributed by atoms with Crippen molar-refractivity contribution >= 4 is 11.6 Å².